The van der Waals surface area contributed by atoms with Crippen LogP contribution in [0.25, 0.3) is 0 Å². The first kappa shape index (κ1) is 17.3. The highest BCUT2D eigenvalue weighted by molar-refractivity contribution is 5.89. The maximum Gasteiger partial charge on any atom is 0.321 e. The van der Waals surface area contributed by atoms with Crippen molar-refractivity contribution in [3.05, 3.63) is 60.2 Å². The molecule has 0 radical (unpaired) electrons. The molecule has 2 amide bonds. The fraction of sp³-hybridized carbons (Fsp3) is 0.350. The number of ether oxygens (including phenoxy) is 1. The Kier molecular flexibility index (Phi) is 5.90. The topological polar surface area (TPSA) is 44.8 Å². The predicted molar refractivity (Wildman–Crippen MR) is 100 cm³/mol. The summed E-state index contributed by atoms with van der Waals surface area (Å²) >= 11 is 0. The third kappa shape index (κ3) is 4.97. The van der Waals surface area contributed by atoms with Gasteiger partial charge >= 0.3 is 6.03 Å². The van der Waals surface area contributed by atoms with Gasteiger partial charge in [0.2, 0.25) is 0 Å². The lowest BCUT2D eigenvalue weighted by Crippen LogP contribution is -2.50. The van der Waals surface area contributed by atoms with Crippen molar-refractivity contribution in [3.8, 4) is 5.75 Å². The van der Waals surface area contributed by atoms with Gasteiger partial charge in [-0.05, 0) is 36.2 Å². The van der Waals surface area contributed by atoms with Gasteiger partial charge < -0.3 is 15.0 Å². The number of nitrogens with one attached hydrogen (secondary N) is 1. The van der Waals surface area contributed by atoms with Crippen LogP contribution in [0.4, 0.5) is 10.5 Å². The van der Waals surface area contributed by atoms with Crippen LogP contribution < -0.4 is 10.1 Å². The number of benzene rings is 2. The number of hydrogen-bond donors (Lipinski definition) is 1. The van der Waals surface area contributed by atoms with Crippen LogP contribution in [-0.2, 0) is 6.42 Å². The highest BCUT2D eigenvalue weighted by Gasteiger charge is 2.20. The Morgan fingerprint density at radius 2 is 1.80 bits per heavy atom. The van der Waals surface area contributed by atoms with E-state index in [1.54, 1.807) is 7.11 Å². The Morgan fingerprint density at radius 3 is 2.52 bits per heavy atom. The molecule has 1 fully saturated rings. The standard InChI is InChI=1S/C20H25N3O2/c1-25-19-9-5-6-17(16-19)10-11-22-12-14-23(15-13-22)20(24)21-18-7-3-2-4-8-18/h2-9,16H,10-15H2,1H3,(H,21,24). The highest BCUT2D eigenvalue weighted by Crippen LogP contribution is 2.14. The van der Waals surface area contributed by atoms with E-state index in [4.69, 9.17) is 4.74 Å². The van der Waals surface area contributed by atoms with Gasteiger partial charge in [-0.3, -0.25) is 4.90 Å². The average Bonchev–Trinajstić information content (AvgIpc) is 2.67. The molecular formula is C20H25N3O2. The van der Waals surface area contributed by atoms with Crippen LogP contribution in [0.2, 0.25) is 0 Å². The first-order chi connectivity index (χ1) is 12.2. The summed E-state index contributed by atoms with van der Waals surface area (Å²) in [6, 6.07) is 17.8. The number of anilines is 1. The molecule has 0 spiro atoms. The number of methoxy groups -OCH3 is 1. The van der Waals surface area contributed by atoms with Crippen molar-refractivity contribution in [2.75, 3.05) is 45.2 Å². The second-order valence-electron chi connectivity index (χ2n) is 6.23. The molecule has 132 valence electrons. The van der Waals surface area contributed by atoms with Gasteiger partial charge in [0.05, 0.1) is 7.11 Å². The minimum Gasteiger partial charge on any atom is -0.497 e. The molecule has 1 N–H and O–H groups in total. The van der Waals surface area contributed by atoms with E-state index in [1.807, 2.05) is 47.4 Å². The van der Waals surface area contributed by atoms with Gasteiger partial charge in [0.15, 0.2) is 0 Å². The van der Waals surface area contributed by atoms with Gasteiger partial charge in [0.25, 0.3) is 0 Å². The molecule has 1 saturated heterocycles. The molecule has 1 aliphatic heterocycles. The van der Waals surface area contributed by atoms with Crippen LogP contribution in [0.1, 0.15) is 5.56 Å². The van der Waals surface area contributed by atoms with Crippen LogP contribution in [0, 0.1) is 0 Å². The molecule has 0 bridgehead atoms. The number of carbonyl (C=O) groups is 1. The SMILES string of the molecule is COc1cccc(CCN2CCN(C(=O)Nc3ccccc3)CC2)c1. The van der Waals surface area contributed by atoms with Gasteiger partial charge in [-0.1, -0.05) is 30.3 Å². The Bertz CT molecular complexity index is 682. The lowest BCUT2D eigenvalue weighted by Gasteiger charge is -2.34. The summed E-state index contributed by atoms with van der Waals surface area (Å²) in [6.45, 7) is 4.34. The summed E-state index contributed by atoms with van der Waals surface area (Å²) in [6.07, 6.45) is 0.993. The maximum absolute atomic E-state index is 12.3. The number of amides is 2. The zero-order valence-electron chi connectivity index (χ0n) is 14.6. The Labute approximate surface area is 149 Å². The molecular weight excluding hydrogens is 314 g/mol. The number of piperazine rings is 1. The normalized spacial score (nSPS) is 15.0. The maximum atomic E-state index is 12.3. The summed E-state index contributed by atoms with van der Waals surface area (Å²) in [5.74, 6) is 0.903. The van der Waals surface area contributed by atoms with Crippen molar-refractivity contribution < 1.29 is 9.53 Å². The molecule has 0 aromatic heterocycles. The summed E-state index contributed by atoms with van der Waals surface area (Å²) in [4.78, 5) is 16.6. The summed E-state index contributed by atoms with van der Waals surface area (Å²) < 4.78 is 5.27. The zero-order valence-corrected chi connectivity index (χ0v) is 14.6. The number of urea groups is 1. The van der Waals surface area contributed by atoms with Crippen molar-refractivity contribution >= 4 is 11.7 Å². The van der Waals surface area contributed by atoms with Crippen LogP contribution in [0.3, 0.4) is 0 Å². The Balaban J connectivity index is 1.43. The van der Waals surface area contributed by atoms with E-state index in [0.717, 1.165) is 50.6 Å². The summed E-state index contributed by atoms with van der Waals surface area (Å²) in [7, 11) is 1.69. The fourth-order valence-corrected chi connectivity index (χ4v) is 3.01. The van der Waals surface area contributed by atoms with Gasteiger partial charge in [-0.2, -0.15) is 0 Å². The smallest absolute Gasteiger partial charge is 0.321 e. The number of carbonyl (C=O) groups excluding carboxylic acids is 1. The van der Waals surface area contributed by atoms with Crippen molar-refractivity contribution in [1.29, 1.82) is 0 Å². The summed E-state index contributed by atoms with van der Waals surface area (Å²) in [5, 5.41) is 2.95. The van der Waals surface area contributed by atoms with Crippen LogP contribution in [-0.4, -0.2) is 55.7 Å². The number of para-hydroxylation sites is 1. The first-order valence-electron chi connectivity index (χ1n) is 8.71. The van der Waals surface area contributed by atoms with E-state index >= 15 is 0 Å². The predicted octanol–water partition coefficient (Wildman–Crippen LogP) is 3.09. The van der Waals surface area contributed by atoms with E-state index < -0.39 is 0 Å². The highest BCUT2D eigenvalue weighted by atomic mass is 16.5. The van der Waals surface area contributed by atoms with Crippen molar-refractivity contribution in [1.82, 2.24) is 9.80 Å². The first-order valence-corrected chi connectivity index (χ1v) is 8.71. The van der Waals surface area contributed by atoms with Crippen molar-refractivity contribution in [3.63, 3.8) is 0 Å². The molecule has 0 saturated carbocycles. The Morgan fingerprint density at radius 1 is 1.04 bits per heavy atom. The second kappa shape index (κ2) is 8.53. The molecule has 0 unspecified atom stereocenters. The molecule has 1 aliphatic rings. The molecule has 3 rings (SSSR count). The van der Waals surface area contributed by atoms with Crippen molar-refractivity contribution in [2.24, 2.45) is 0 Å². The van der Waals surface area contributed by atoms with Crippen LogP contribution >= 0.6 is 0 Å². The largest absolute Gasteiger partial charge is 0.497 e. The molecule has 5 heteroatoms. The monoisotopic (exact) mass is 339 g/mol. The lowest BCUT2D eigenvalue weighted by molar-refractivity contribution is 0.148. The molecule has 25 heavy (non-hydrogen) atoms. The Hall–Kier alpha value is -2.53. The third-order valence-corrected chi connectivity index (χ3v) is 4.54. The quantitative estimate of drug-likeness (QED) is 0.910. The van der Waals surface area contributed by atoms with Crippen LogP contribution in [0.5, 0.6) is 5.75 Å². The van der Waals surface area contributed by atoms with Gasteiger partial charge in [0, 0.05) is 38.4 Å². The van der Waals surface area contributed by atoms with E-state index in [-0.39, 0.29) is 6.03 Å². The van der Waals surface area contributed by atoms with Gasteiger partial charge in [-0.15, -0.1) is 0 Å². The average molecular weight is 339 g/mol. The fourth-order valence-electron chi connectivity index (χ4n) is 3.01. The molecule has 1 heterocycles. The lowest BCUT2D eigenvalue weighted by atomic mass is 10.1. The summed E-state index contributed by atoms with van der Waals surface area (Å²) in [5.41, 5.74) is 2.12. The minimum absolute atomic E-state index is 0.0151. The minimum atomic E-state index is -0.0151. The van der Waals surface area contributed by atoms with E-state index in [1.165, 1.54) is 5.56 Å². The van der Waals surface area contributed by atoms with E-state index in [0.29, 0.717) is 0 Å². The van der Waals surface area contributed by atoms with Crippen LogP contribution in [0.15, 0.2) is 54.6 Å². The molecule has 0 aliphatic carbocycles. The second-order valence-corrected chi connectivity index (χ2v) is 6.23. The molecule has 5 nitrogen and oxygen atoms in total. The number of nitrogens with zero attached hydrogens (tertiary/aromatic N) is 2. The molecule has 2 aromatic carbocycles. The van der Waals surface area contributed by atoms with Gasteiger partial charge in [-0.25, -0.2) is 4.79 Å². The third-order valence-electron chi connectivity index (χ3n) is 4.54. The van der Waals surface area contributed by atoms with Crippen molar-refractivity contribution in [2.45, 2.75) is 6.42 Å². The van der Waals surface area contributed by atoms with E-state index in [2.05, 4.69) is 22.3 Å². The number of rotatable bonds is 5. The van der Waals surface area contributed by atoms with Gasteiger partial charge in [0.1, 0.15) is 5.75 Å². The molecule has 0 atom stereocenters. The van der Waals surface area contributed by atoms with E-state index in [9.17, 15) is 4.79 Å². The number of hydrogen-bond acceptors (Lipinski definition) is 3. The zero-order chi connectivity index (χ0) is 17.5. The molecule has 2 aromatic rings.